The molecule has 1 heterocycles. The van der Waals surface area contributed by atoms with E-state index in [9.17, 15) is 4.79 Å². The molecule has 2 N–H and O–H groups in total. The zero-order chi connectivity index (χ0) is 14.4. The molecule has 0 aliphatic carbocycles. The van der Waals surface area contributed by atoms with Crippen LogP contribution < -0.4 is 15.4 Å². The minimum absolute atomic E-state index is 0. The van der Waals surface area contributed by atoms with Gasteiger partial charge in [0.25, 0.3) is 0 Å². The lowest BCUT2D eigenvalue weighted by molar-refractivity contribution is -0.126. The number of nitrogens with one attached hydrogen (secondary N) is 2. The third-order valence-electron chi connectivity index (χ3n) is 3.72. The molecule has 5 nitrogen and oxygen atoms in total. The van der Waals surface area contributed by atoms with E-state index in [4.69, 9.17) is 4.74 Å². The summed E-state index contributed by atoms with van der Waals surface area (Å²) in [6, 6.07) is 7.65. The molecule has 1 fully saturated rings. The molecule has 1 atom stereocenters. The number of piperazine rings is 1. The highest BCUT2D eigenvalue weighted by Gasteiger charge is 2.22. The first-order chi connectivity index (χ1) is 9.72. The highest BCUT2D eigenvalue weighted by Crippen LogP contribution is 2.16. The maximum absolute atomic E-state index is 12.2. The highest BCUT2D eigenvalue weighted by atomic mass is 35.5. The molecule has 1 aliphatic rings. The van der Waals surface area contributed by atoms with Gasteiger partial charge in [0.1, 0.15) is 5.75 Å². The van der Waals surface area contributed by atoms with Gasteiger partial charge >= 0.3 is 0 Å². The summed E-state index contributed by atoms with van der Waals surface area (Å²) in [5, 5.41) is 6.28. The third-order valence-corrected chi connectivity index (χ3v) is 3.72. The molecule has 0 radical (unpaired) electrons. The Hall–Kier alpha value is -1.01. The number of hydrogen-bond donors (Lipinski definition) is 2. The predicted molar refractivity (Wildman–Crippen MR) is 93.2 cm³/mol. The van der Waals surface area contributed by atoms with E-state index >= 15 is 0 Å². The van der Waals surface area contributed by atoms with Gasteiger partial charge in [-0.3, -0.25) is 9.69 Å². The molecule has 126 valence electrons. The Labute approximate surface area is 144 Å². The number of amides is 1. The van der Waals surface area contributed by atoms with Crippen LogP contribution in [0.15, 0.2) is 24.3 Å². The van der Waals surface area contributed by atoms with E-state index in [-0.39, 0.29) is 36.8 Å². The van der Waals surface area contributed by atoms with Crippen molar-refractivity contribution in [2.45, 2.75) is 19.5 Å². The minimum Gasteiger partial charge on any atom is -0.496 e. The predicted octanol–water partition coefficient (Wildman–Crippen LogP) is 1.45. The van der Waals surface area contributed by atoms with E-state index in [2.05, 4.69) is 15.5 Å². The van der Waals surface area contributed by atoms with Crippen LogP contribution in [-0.4, -0.2) is 50.1 Å². The second kappa shape index (κ2) is 10.7. The number of rotatable bonds is 5. The van der Waals surface area contributed by atoms with E-state index in [1.165, 1.54) is 0 Å². The average molecular weight is 350 g/mol. The molecular weight excluding hydrogens is 325 g/mol. The van der Waals surface area contributed by atoms with Crippen LogP contribution in [0.4, 0.5) is 0 Å². The van der Waals surface area contributed by atoms with Crippen molar-refractivity contribution in [3.63, 3.8) is 0 Å². The van der Waals surface area contributed by atoms with Crippen molar-refractivity contribution in [3.8, 4) is 5.75 Å². The fraction of sp³-hybridized carbons (Fsp3) is 0.533. The molecule has 1 saturated heterocycles. The van der Waals surface area contributed by atoms with E-state index in [1.807, 2.05) is 31.2 Å². The van der Waals surface area contributed by atoms with Gasteiger partial charge in [-0.1, -0.05) is 18.2 Å². The van der Waals surface area contributed by atoms with E-state index in [0.29, 0.717) is 6.54 Å². The zero-order valence-corrected chi connectivity index (χ0v) is 14.6. The number of nitrogens with zero attached hydrogens (tertiary/aromatic N) is 1. The summed E-state index contributed by atoms with van der Waals surface area (Å²) in [6.07, 6.45) is 0. The largest absolute Gasteiger partial charge is 0.496 e. The maximum Gasteiger partial charge on any atom is 0.237 e. The van der Waals surface area contributed by atoms with E-state index in [0.717, 1.165) is 37.5 Å². The molecule has 0 saturated carbocycles. The van der Waals surface area contributed by atoms with E-state index < -0.39 is 0 Å². The Morgan fingerprint density at radius 1 is 1.32 bits per heavy atom. The van der Waals surface area contributed by atoms with Crippen molar-refractivity contribution in [1.82, 2.24) is 15.5 Å². The van der Waals surface area contributed by atoms with Gasteiger partial charge in [-0.2, -0.15) is 0 Å². The normalized spacial score (nSPS) is 15.9. The van der Waals surface area contributed by atoms with Crippen LogP contribution in [0.2, 0.25) is 0 Å². The third kappa shape index (κ3) is 5.65. The maximum atomic E-state index is 12.2. The van der Waals surface area contributed by atoms with Gasteiger partial charge < -0.3 is 15.4 Å². The minimum atomic E-state index is -0.0909. The van der Waals surface area contributed by atoms with Gasteiger partial charge in [0, 0.05) is 38.3 Å². The fourth-order valence-electron chi connectivity index (χ4n) is 2.41. The van der Waals surface area contributed by atoms with Crippen molar-refractivity contribution in [3.05, 3.63) is 29.8 Å². The number of carbonyl (C=O) groups excluding carboxylic acids is 1. The van der Waals surface area contributed by atoms with Gasteiger partial charge in [0.2, 0.25) is 5.91 Å². The molecule has 1 aromatic rings. The second-order valence-electron chi connectivity index (χ2n) is 4.99. The molecule has 0 bridgehead atoms. The molecular formula is C15H25Cl2N3O2. The van der Waals surface area contributed by atoms with Crippen molar-refractivity contribution >= 4 is 30.7 Å². The summed E-state index contributed by atoms with van der Waals surface area (Å²) in [4.78, 5) is 14.4. The SMILES string of the molecule is COc1ccccc1CNC(=O)C(C)N1CCNCC1.Cl.Cl. The summed E-state index contributed by atoms with van der Waals surface area (Å²) in [5.41, 5.74) is 0.996. The first-order valence-corrected chi connectivity index (χ1v) is 7.06. The van der Waals surface area contributed by atoms with Gasteiger partial charge in [0.05, 0.1) is 13.2 Å². The molecule has 1 unspecified atom stereocenters. The smallest absolute Gasteiger partial charge is 0.237 e. The Morgan fingerprint density at radius 2 is 1.95 bits per heavy atom. The average Bonchev–Trinajstić information content (AvgIpc) is 2.53. The van der Waals surface area contributed by atoms with Crippen molar-refractivity contribution in [1.29, 1.82) is 0 Å². The van der Waals surface area contributed by atoms with Crippen LogP contribution in [0.1, 0.15) is 12.5 Å². The van der Waals surface area contributed by atoms with Gasteiger partial charge in [-0.25, -0.2) is 0 Å². The Morgan fingerprint density at radius 3 is 2.59 bits per heavy atom. The molecule has 0 aromatic heterocycles. The lowest BCUT2D eigenvalue weighted by atomic mass is 10.2. The fourth-order valence-corrected chi connectivity index (χ4v) is 2.41. The molecule has 0 spiro atoms. The molecule has 1 aliphatic heterocycles. The molecule has 1 amide bonds. The number of para-hydroxylation sites is 1. The van der Waals surface area contributed by atoms with Gasteiger partial charge in [-0.15, -0.1) is 24.8 Å². The van der Waals surface area contributed by atoms with Gasteiger partial charge in [0.15, 0.2) is 0 Å². The van der Waals surface area contributed by atoms with Crippen LogP contribution in [0, 0.1) is 0 Å². The monoisotopic (exact) mass is 349 g/mol. The molecule has 7 heteroatoms. The summed E-state index contributed by atoms with van der Waals surface area (Å²) in [6.45, 7) is 6.20. The van der Waals surface area contributed by atoms with Gasteiger partial charge in [-0.05, 0) is 13.0 Å². The number of benzene rings is 1. The highest BCUT2D eigenvalue weighted by molar-refractivity contribution is 5.85. The summed E-state index contributed by atoms with van der Waals surface area (Å²) >= 11 is 0. The first-order valence-electron chi connectivity index (χ1n) is 7.06. The zero-order valence-electron chi connectivity index (χ0n) is 13.0. The standard InChI is InChI=1S/C15H23N3O2.2ClH/c1-12(18-9-7-16-8-10-18)15(19)17-11-13-5-3-4-6-14(13)20-2;;/h3-6,12,16H,7-11H2,1-2H3,(H,17,19);2*1H. The second-order valence-corrected chi connectivity index (χ2v) is 4.99. The van der Waals surface area contributed by atoms with Crippen LogP contribution >= 0.6 is 24.8 Å². The summed E-state index contributed by atoms with van der Waals surface area (Å²) < 4.78 is 5.28. The quantitative estimate of drug-likeness (QED) is 0.844. The van der Waals surface area contributed by atoms with Crippen molar-refractivity contribution < 1.29 is 9.53 Å². The number of methoxy groups -OCH3 is 1. The van der Waals surface area contributed by atoms with Crippen molar-refractivity contribution in [2.24, 2.45) is 0 Å². The topological polar surface area (TPSA) is 53.6 Å². The van der Waals surface area contributed by atoms with E-state index in [1.54, 1.807) is 7.11 Å². The number of ether oxygens (including phenoxy) is 1. The van der Waals surface area contributed by atoms with Crippen molar-refractivity contribution in [2.75, 3.05) is 33.3 Å². The Kier molecular flexibility index (Phi) is 10.2. The number of carbonyl (C=O) groups is 1. The number of hydrogen-bond acceptors (Lipinski definition) is 4. The molecule has 1 aromatic carbocycles. The Bertz CT molecular complexity index is 454. The summed E-state index contributed by atoms with van der Waals surface area (Å²) in [7, 11) is 1.64. The number of halogens is 2. The molecule has 2 rings (SSSR count). The Balaban J connectivity index is 0.00000220. The summed E-state index contributed by atoms with van der Waals surface area (Å²) in [5.74, 6) is 0.875. The van der Waals surface area contributed by atoms with Crippen LogP contribution in [-0.2, 0) is 11.3 Å². The first kappa shape index (κ1) is 21.0. The lowest BCUT2D eigenvalue weighted by Crippen LogP contribution is -2.52. The van der Waals surface area contributed by atoms with Crippen LogP contribution in [0.25, 0.3) is 0 Å². The molecule has 22 heavy (non-hydrogen) atoms. The van der Waals surface area contributed by atoms with Crippen LogP contribution in [0.5, 0.6) is 5.75 Å². The van der Waals surface area contributed by atoms with Crippen LogP contribution in [0.3, 0.4) is 0 Å². The lowest BCUT2D eigenvalue weighted by Gasteiger charge is -2.31.